The van der Waals surface area contributed by atoms with E-state index in [0.717, 1.165) is 16.0 Å². The highest BCUT2D eigenvalue weighted by Gasteiger charge is 2.36. The summed E-state index contributed by atoms with van der Waals surface area (Å²) in [6.45, 7) is 2.21. The summed E-state index contributed by atoms with van der Waals surface area (Å²) < 4.78 is 25.3. The molecule has 0 bridgehead atoms. The number of amides is 4. The van der Waals surface area contributed by atoms with Crippen LogP contribution in [0.2, 0.25) is 0 Å². The maximum atomic E-state index is 13.7. The molecule has 1 N–H and O–H groups in total. The Morgan fingerprint density at radius 1 is 1.06 bits per heavy atom. The minimum absolute atomic E-state index is 0.211. The van der Waals surface area contributed by atoms with E-state index in [1.54, 1.807) is 42.5 Å². The fraction of sp³-hybridized carbons (Fsp3) is 0.148. The summed E-state index contributed by atoms with van der Waals surface area (Å²) in [5.41, 5.74) is 2.14. The molecule has 184 valence electrons. The number of hydrogen-bond acceptors (Lipinski definition) is 5. The Balaban J connectivity index is 1.70. The zero-order valence-corrected chi connectivity index (χ0v) is 21.1. The molecule has 0 atom stereocenters. The number of carbonyl (C=O) groups excluding carboxylic acids is 3. The summed E-state index contributed by atoms with van der Waals surface area (Å²) in [5.74, 6) is -0.808. The van der Waals surface area contributed by atoms with E-state index >= 15 is 0 Å². The van der Waals surface area contributed by atoms with Gasteiger partial charge in [-0.2, -0.15) is 0 Å². The van der Waals surface area contributed by atoms with Crippen LogP contribution in [0.25, 0.3) is 6.08 Å². The van der Waals surface area contributed by atoms with Gasteiger partial charge >= 0.3 is 6.03 Å². The highest BCUT2D eigenvalue weighted by molar-refractivity contribution is 9.10. The van der Waals surface area contributed by atoms with E-state index in [9.17, 15) is 18.8 Å². The molecule has 1 aliphatic heterocycles. The number of urea groups is 1. The van der Waals surface area contributed by atoms with Gasteiger partial charge in [-0.1, -0.05) is 28.1 Å². The molecule has 3 aromatic rings. The first-order valence-electron chi connectivity index (χ1n) is 11.1. The van der Waals surface area contributed by atoms with Crippen LogP contribution in [-0.4, -0.2) is 31.6 Å². The number of methoxy groups -OCH3 is 1. The van der Waals surface area contributed by atoms with E-state index in [4.69, 9.17) is 9.47 Å². The second-order valence-electron chi connectivity index (χ2n) is 7.88. The zero-order chi connectivity index (χ0) is 25.8. The van der Waals surface area contributed by atoms with Crippen LogP contribution in [0.3, 0.4) is 0 Å². The predicted octanol–water partition coefficient (Wildman–Crippen LogP) is 5.25. The number of rotatable bonds is 7. The molecule has 0 unspecified atom stereocenters. The van der Waals surface area contributed by atoms with Crippen molar-refractivity contribution in [2.75, 3.05) is 18.6 Å². The predicted molar refractivity (Wildman–Crippen MR) is 137 cm³/mol. The molecule has 3 aromatic carbocycles. The zero-order valence-electron chi connectivity index (χ0n) is 19.5. The standard InChI is InChI=1S/C27H22BrFN2O5/c1-3-36-24-15-17(14-23(28)21(24)12-16-5-4-6-18(29)11-16)13-22-25(32)30-27(34)31(26(22)33)19-7-9-20(35-2)10-8-19/h4-11,13-15H,3,12H2,1-2H3,(H,30,32,34)/b22-13+. The maximum Gasteiger partial charge on any atom is 0.335 e. The van der Waals surface area contributed by atoms with Gasteiger partial charge in [0.05, 0.1) is 19.4 Å². The lowest BCUT2D eigenvalue weighted by Crippen LogP contribution is -2.54. The number of ether oxygens (including phenoxy) is 2. The lowest BCUT2D eigenvalue weighted by Gasteiger charge is -2.26. The number of imide groups is 2. The first-order valence-corrected chi connectivity index (χ1v) is 11.8. The fourth-order valence-corrected chi connectivity index (χ4v) is 4.41. The van der Waals surface area contributed by atoms with Crippen molar-refractivity contribution in [2.45, 2.75) is 13.3 Å². The highest BCUT2D eigenvalue weighted by atomic mass is 79.9. The third-order valence-corrected chi connectivity index (χ3v) is 6.20. The Labute approximate surface area is 215 Å². The van der Waals surface area contributed by atoms with Gasteiger partial charge in [-0.15, -0.1) is 0 Å². The summed E-state index contributed by atoms with van der Waals surface area (Å²) in [5, 5.41) is 2.21. The molecule has 0 radical (unpaired) electrons. The quantitative estimate of drug-likeness (QED) is 0.319. The number of benzene rings is 3. The van der Waals surface area contributed by atoms with Gasteiger partial charge in [0.1, 0.15) is 22.9 Å². The number of barbiturate groups is 1. The van der Waals surface area contributed by atoms with Crippen LogP contribution in [0.1, 0.15) is 23.6 Å². The lowest BCUT2D eigenvalue weighted by molar-refractivity contribution is -0.122. The Kier molecular flexibility index (Phi) is 7.49. The third-order valence-electron chi connectivity index (χ3n) is 5.49. The first-order chi connectivity index (χ1) is 17.3. The molecule has 0 spiro atoms. The van der Waals surface area contributed by atoms with E-state index in [2.05, 4.69) is 21.2 Å². The van der Waals surface area contributed by atoms with E-state index in [1.807, 2.05) is 13.0 Å². The summed E-state index contributed by atoms with van der Waals surface area (Å²) in [4.78, 5) is 39.2. The normalized spacial score (nSPS) is 14.7. The summed E-state index contributed by atoms with van der Waals surface area (Å²) in [6.07, 6.45) is 1.81. The summed E-state index contributed by atoms with van der Waals surface area (Å²) >= 11 is 3.55. The Morgan fingerprint density at radius 3 is 2.47 bits per heavy atom. The number of halogens is 2. The number of carbonyl (C=O) groups is 3. The third kappa shape index (κ3) is 5.31. The van der Waals surface area contributed by atoms with E-state index in [-0.39, 0.29) is 11.4 Å². The minimum atomic E-state index is -0.839. The highest BCUT2D eigenvalue weighted by Crippen LogP contribution is 2.33. The van der Waals surface area contributed by atoms with Crippen LogP contribution in [0.15, 0.2) is 70.7 Å². The lowest BCUT2D eigenvalue weighted by atomic mass is 10.0. The van der Waals surface area contributed by atoms with Gasteiger partial charge in [0.15, 0.2) is 0 Å². The van der Waals surface area contributed by atoms with Gasteiger partial charge in [0.2, 0.25) is 0 Å². The largest absolute Gasteiger partial charge is 0.497 e. The van der Waals surface area contributed by atoms with Crippen molar-refractivity contribution in [3.8, 4) is 11.5 Å². The Hall–Kier alpha value is -3.98. The number of anilines is 1. The first kappa shape index (κ1) is 25.1. The van der Waals surface area contributed by atoms with Gasteiger partial charge < -0.3 is 9.47 Å². The molecule has 0 aliphatic carbocycles. The second kappa shape index (κ2) is 10.7. The SMILES string of the molecule is CCOc1cc(/C=C2\C(=O)NC(=O)N(c3ccc(OC)cc3)C2=O)cc(Br)c1Cc1cccc(F)c1. The minimum Gasteiger partial charge on any atom is -0.497 e. The molecule has 1 fully saturated rings. The number of nitrogens with one attached hydrogen (secondary N) is 1. The van der Waals surface area contributed by atoms with Crippen molar-refractivity contribution < 1.29 is 28.2 Å². The van der Waals surface area contributed by atoms with Crippen LogP contribution in [0.4, 0.5) is 14.9 Å². The average molecular weight is 553 g/mol. The smallest absolute Gasteiger partial charge is 0.335 e. The second-order valence-corrected chi connectivity index (χ2v) is 8.73. The molecule has 9 heteroatoms. The molecule has 4 amide bonds. The molecular weight excluding hydrogens is 531 g/mol. The van der Waals surface area contributed by atoms with E-state index in [0.29, 0.717) is 40.3 Å². The van der Waals surface area contributed by atoms with Crippen molar-refractivity contribution in [3.05, 3.63) is 93.2 Å². The van der Waals surface area contributed by atoms with Crippen molar-refractivity contribution in [1.29, 1.82) is 0 Å². The van der Waals surface area contributed by atoms with Crippen molar-refractivity contribution in [2.24, 2.45) is 0 Å². The molecule has 4 rings (SSSR count). The van der Waals surface area contributed by atoms with E-state index < -0.39 is 17.8 Å². The molecule has 1 aliphatic rings. The summed E-state index contributed by atoms with van der Waals surface area (Å²) in [6, 6.07) is 15.2. The van der Waals surface area contributed by atoms with Crippen LogP contribution in [-0.2, 0) is 16.0 Å². The molecule has 0 aromatic heterocycles. The van der Waals surface area contributed by atoms with Gasteiger partial charge in [-0.3, -0.25) is 14.9 Å². The monoisotopic (exact) mass is 552 g/mol. The molecule has 1 heterocycles. The Bertz CT molecular complexity index is 1370. The van der Waals surface area contributed by atoms with Crippen molar-refractivity contribution >= 4 is 45.5 Å². The fourth-order valence-electron chi connectivity index (χ4n) is 3.81. The molecule has 1 saturated heterocycles. The maximum absolute atomic E-state index is 13.7. The van der Waals surface area contributed by atoms with Crippen LogP contribution < -0.4 is 19.7 Å². The van der Waals surface area contributed by atoms with Crippen LogP contribution in [0, 0.1) is 5.82 Å². The topological polar surface area (TPSA) is 84.9 Å². The van der Waals surface area contributed by atoms with Gasteiger partial charge in [0, 0.05) is 16.5 Å². The Morgan fingerprint density at radius 2 is 1.81 bits per heavy atom. The van der Waals surface area contributed by atoms with Gasteiger partial charge in [-0.05, 0) is 72.7 Å². The molecule has 36 heavy (non-hydrogen) atoms. The van der Waals surface area contributed by atoms with E-state index in [1.165, 1.54) is 25.3 Å². The van der Waals surface area contributed by atoms with Crippen molar-refractivity contribution in [3.63, 3.8) is 0 Å². The summed E-state index contributed by atoms with van der Waals surface area (Å²) in [7, 11) is 1.51. The molecule has 0 saturated carbocycles. The average Bonchev–Trinajstić information content (AvgIpc) is 2.84. The molecular formula is C27H22BrFN2O5. The number of nitrogens with zero attached hydrogens (tertiary/aromatic N) is 1. The van der Waals surface area contributed by atoms with Crippen LogP contribution in [0.5, 0.6) is 11.5 Å². The van der Waals surface area contributed by atoms with Crippen molar-refractivity contribution in [1.82, 2.24) is 5.32 Å². The van der Waals surface area contributed by atoms with Crippen LogP contribution >= 0.6 is 15.9 Å². The number of hydrogen-bond donors (Lipinski definition) is 1. The molecule has 7 nitrogen and oxygen atoms in total. The van der Waals surface area contributed by atoms with Gasteiger partial charge in [0.25, 0.3) is 11.8 Å². The van der Waals surface area contributed by atoms with Gasteiger partial charge in [-0.25, -0.2) is 14.1 Å².